The summed E-state index contributed by atoms with van der Waals surface area (Å²) in [6.07, 6.45) is -1.26. The maximum atomic E-state index is 12.9. The highest BCUT2D eigenvalue weighted by atomic mass is 16.3. The van der Waals surface area contributed by atoms with E-state index in [1.54, 1.807) is 48.5 Å². The molecule has 2 aromatic carbocycles. The Labute approximate surface area is 137 Å². The molecule has 0 saturated carbocycles. The van der Waals surface area contributed by atoms with E-state index in [1.165, 1.54) is 0 Å². The maximum absolute atomic E-state index is 12.9. The van der Waals surface area contributed by atoms with Crippen molar-refractivity contribution in [1.82, 2.24) is 0 Å². The van der Waals surface area contributed by atoms with Crippen LogP contribution in [-0.4, -0.2) is 54.3 Å². The van der Waals surface area contributed by atoms with Gasteiger partial charge in [0.25, 0.3) is 0 Å². The number of Topliss-reactive ketones (excluding diaryl/α,β-unsaturated/α-hetero) is 1. The first kappa shape index (κ1) is 17.3. The molecule has 4 nitrogen and oxygen atoms in total. The van der Waals surface area contributed by atoms with Gasteiger partial charge in [-0.15, -0.1) is 0 Å². The minimum absolute atomic E-state index is 0.223. The predicted octanol–water partition coefficient (Wildman–Crippen LogP) is 1.56. The molecule has 122 valence electrons. The highest BCUT2D eigenvalue weighted by molar-refractivity contribution is 5.95. The Kier molecular flexibility index (Phi) is 5.00. The van der Waals surface area contributed by atoms with E-state index in [9.17, 15) is 15.0 Å². The first-order valence-electron chi connectivity index (χ1n) is 7.61. The first-order valence-corrected chi connectivity index (χ1v) is 7.61. The van der Waals surface area contributed by atoms with E-state index in [2.05, 4.69) is 0 Å². The largest absolute Gasteiger partial charge is 0.379 e. The summed E-state index contributed by atoms with van der Waals surface area (Å²) in [5, 5.41) is 21.7. The van der Waals surface area contributed by atoms with E-state index < -0.39 is 17.5 Å². The summed E-state index contributed by atoms with van der Waals surface area (Å²) in [6.45, 7) is 0.223. The first-order chi connectivity index (χ1) is 10.7. The Morgan fingerprint density at radius 1 is 0.957 bits per heavy atom. The zero-order chi connectivity index (χ0) is 17.1. The molecule has 2 N–H and O–H groups in total. The van der Waals surface area contributed by atoms with Crippen LogP contribution in [0.5, 0.6) is 0 Å². The van der Waals surface area contributed by atoms with Crippen LogP contribution in [0.1, 0.15) is 11.1 Å². The highest BCUT2D eigenvalue weighted by Gasteiger charge is 2.44. The molecule has 0 spiro atoms. The van der Waals surface area contributed by atoms with Crippen LogP contribution in [0, 0.1) is 0 Å². The van der Waals surface area contributed by atoms with Crippen molar-refractivity contribution in [3.05, 3.63) is 71.8 Å². The monoisotopic (exact) mass is 314 g/mol. The number of carbonyl (C=O) groups excluding carboxylic acids is 1. The average molecular weight is 314 g/mol. The lowest BCUT2D eigenvalue weighted by Crippen LogP contribution is -2.51. The smallest absolute Gasteiger partial charge is 0.207 e. The molecule has 0 fully saturated rings. The second-order valence-electron chi connectivity index (χ2n) is 6.80. The third-order valence-electron chi connectivity index (χ3n) is 3.76. The Balaban J connectivity index is 2.49. The molecule has 0 aliphatic rings. The number of quaternary nitrogens is 1. The van der Waals surface area contributed by atoms with Gasteiger partial charge >= 0.3 is 0 Å². The molecular formula is C19H24NO3+. The summed E-state index contributed by atoms with van der Waals surface area (Å²) in [5.74, 6) is -0.608. The van der Waals surface area contributed by atoms with E-state index >= 15 is 0 Å². The highest BCUT2D eigenvalue weighted by Crippen LogP contribution is 2.31. The van der Waals surface area contributed by atoms with Gasteiger partial charge < -0.3 is 14.7 Å². The number of aliphatic hydroxyl groups is 2. The second kappa shape index (κ2) is 6.62. The summed E-state index contributed by atoms with van der Waals surface area (Å²) < 4.78 is 0.423. The molecule has 0 aliphatic carbocycles. The van der Waals surface area contributed by atoms with Crippen molar-refractivity contribution in [1.29, 1.82) is 0 Å². The summed E-state index contributed by atoms with van der Waals surface area (Å²) >= 11 is 0. The summed E-state index contributed by atoms with van der Waals surface area (Å²) in [6, 6.07) is 17.5. The third kappa shape index (κ3) is 3.85. The molecule has 2 rings (SSSR count). The number of ketones is 1. The van der Waals surface area contributed by atoms with Crippen molar-refractivity contribution < 1.29 is 19.5 Å². The third-order valence-corrected chi connectivity index (χ3v) is 3.76. The van der Waals surface area contributed by atoms with Crippen molar-refractivity contribution >= 4 is 5.78 Å². The quantitative estimate of drug-likeness (QED) is 0.796. The zero-order valence-electron chi connectivity index (χ0n) is 13.8. The van der Waals surface area contributed by atoms with Crippen LogP contribution in [-0.2, 0) is 10.4 Å². The fourth-order valence-electron chi connectivity index (χ4n) is 2.65. The minimum atomic E-state index is -1.86. The van der Waals surface area contributed by atoms with Gasteiger partial charge in [0, 0.05) is 0 Å². The SMILES string of the molecule is C[N+](C)(C)CC(O)C(=O)C(O)(c1ccccc1)c1ccccc1. The van der Waals surface area contributed by atoms with Crippen LogP contribution in [0.3, 0.4) is 0 Å². The Hall–Kier alpha value is -2.01. The van der Waals surface area contributed by atoms with Crippen LogP contribution in [0.4, 0.5) is 0 Å². The summed E-state index contributed by atoms with van der Waals surface area (Å²) in [5.41, 5.74) is -0.954. The van der Waals surface area contributed by atoms with Crippen LogP contribution >= 0.6 is 0 Å². The minimum Gasteiger partial charge on any atom is -0.379 e. The maximum Gasteiger partial charge on any atom is 0.207 e. The van der Waals surface area contributed by atoms with Gasteiger partial charge in [0.2, 0.25) is 5.78 Å². The molecule has 23 heavy (non-hydrogen) atoms. The lowest BCUT2D eigenvalue weighted by atomic mass is 9.80. The normalized spacial score (nSPS) is 13.6. The van der Waals surface area contributed by atoms with Gasteiger partial charge in [-0.3, -0.25) is 4.79 Å². The lowest BCUT2D eigenvalue weighted by molar-refractivity contribution is -0.872. The molecule has 0 amide bonds. The van der Waals surface area contributed by atoms with Gasteiger partial charge in [0.15, 0.2) is 11.7 Å². The van der Waals surface area contributed by atoms with Crippen LogP contribution in [0.15, 0.2) is 60.7 Å². The van der Waals surface area contributed by atoms with Gasteiger partial charge in [-0.05, 0) is 11.1 Å². The molecule has 4 heteroatoms. The van der Waals surface area contributed by atoms with Gasteiger partial charge in [-0.2, -0.15) is 0 Å². The summed E-state index contributed by atoms with van der Waals surface area (Å²) in [4.78, 5) is 12.9. The second-order valence-corrected chi connectivity index (χ2v) is 6.80. The number of likely N-dealkylation sites (N-methyl/N-ethyl adjacent to an activating group) is 1. The number of rotatable bonds is 6. The van der Waals surface area contributed by atoms with E-state index in [-0.39, 0.29) is 6.54 Å². The number of carbonyl (C=O) groups is 1. The van der Waals surface area contributed by atoms with Crippen molar-refractivity contribution in [3.8, 4) is 0 Å². The Morgan fingerprint density at radius 3 is 1.70 bits per heavy atom. The molecule has 0 aliphatic heterocycles. The fourth-order valence-corrected chi connectivity index (χ4v) is 2.65. The van der Waals surface area contributed by atoms with Gasteiger partial charge in [-0.25, -0.2) is 0 Å². The van der Waals surface area contributed by atoms with E-state index in [4.69, 9.17) is 0 Å². The molecular weight excluding hydrogens is 290 g/mol. The van der Waals surface area contributed by atoms with Crippen molar-refractivity contribution in [2.24, 2.45) is 0 Å². The van der Waals surface area contributed by atoms with Crippen LogP contribution in [0.25, 0.3) is 0 Å². The molecule has 0 saturated heterocycles. The van der Waals surface area contributed by atoms with Crippen molar-refractivity contribution in [2.75, 3.05) is 27.7 Å². The van der Waals surface area contributed by atoms with E-state index in [0.717, 1.165) is 0 Å². The number of benzene rings is 2. The predicted molar refractivity (Wildman–Crippen MR) is 89.8 cm³/mol. The van der Waals surface area contributed by atoms with Crippen LogP contribution in [0.2, 0.25) is 0 Å². The van der Waals surface area contributed by atoms with E-state index in [0.29, 0.717) is 15.6 Å². The molecule has 0 aromatic heterocycles. The number of nitrogens with zero attached hydrogens (tertiary/aromatic N) is 1. The molecule has 1 unspecified atom stereocenters. The van der Waals surface area contributed by atoms with Crippen molar-refractivity contribution in [2.45, 2.75) is 11.7 Å². The molecule has 0 radical (unpaired) electrons. The molecule has 0 bridgehead atoms. The zero-order valence-corrected chi connectivity index (χ0v) is 13.8. The number of hydrogen-bond acceptors (Lipinski definition) is 3. The Morgan fingerprint density at radius 2 is 1.35 bits per heavy atom. The van der Waals surface area contributed by atoms with Crippen LogP contribution < -0.4 is 0 Å². The molecule has 1 atom stereocenters. The molecule has 2 aromatic rings. The summed E-state index contributed by atoms with van der Waals surface area (Å²) in [7, 11) is 5.67. The molecule has 0 heterocycles. The Bertz CT molecular complexity index is 608. The van der Waals surface area contributed by atoms with Gasteiger partial charge in [-0.1, -0.05) is 60.7 Å². The topological polar surface area (TPSA) is 57.5 Å². The lowest BCUT2D eigenvalue weighted by Gasteiger charge is -2.32. The fraction of sp³-hybridized carbons (Fsp3) is 0.316. The van der Waals surface area contributed by atoms with E-state index in [1.807, 2.05) is 33.3 Å². The number of aliphatic hydroxyl groups excluding tert-OH is 1. The average Bonchev–Trinajstić information content (AvgIpc) is 2.53. The standard InChI is InChI=1S/C19H24NO3/c1-20(2,3)14-17(21)18(22)19(23,15-10-6-4-7-11-15)16-12-8-5-9-13-16/h4-13,17,21,23H,14H2,1-3H3/q+1. The van der Waals surface area contributed by atoms with Gasteiger partial charge in [0.1, 0.15) is 6.54 Å². The number of hydrogen-bond donors (Lipinski definition) is 2. The van der Waals surface area contributed by atoms with Gasteiger partial charge in [0.05, 0.1) is 21.1 Å². The van der Waals surface area contributed by atoms with Crippen molar-refractivity contribution in [3.63, 3.8) is 0 Å².